The van der Waals surface area contributed by atoms with Crippen LogP contribution in [0.4, 0.5) is 5.69 Å². The molecule has 0 amide bonds. The molecule has 2 rings (SSSR count). The molecule has 0 aliphatic rings. The number of benzene rings is 1. The van der Waals surface area contributed by atoms with Crippen molar-refractivity contribution in [2.75, 3.05) is 0 Å². The monoisotopic (exact) mass is 277 g/mol. The van der Waals surface area contributed by atoms with Crippen LogP contribution in [0.1, 0.15) is 32.5 Å². The number of non-ortho nitro benzene ring substituents is 1. The second-order valence-electron chi connectivity index (χ2n) is 5.30. The van der Waals surface area contributed by atoms with Gasteiger partial charge in [0.2, 0.25) is 0 Å². The topological polar surface area (TPSA) is 91.3 Å². The van der Waals surface area contributed by atoms with Gasteiger partial charge in [-0.05, 0) is 12.1 Å². The van der Waals surface area contributed by atoms with Crippen molar-refractivity contribution < 1.29 is 14.2 Å². The molecule has 1 aromatic carbocycles. The molecule has 0 N–H and O–H groups in total. The minimum absolute atomic E-state index is 0.0187. The van der Waals surface area contributed by atoms with E-state index in [9.17, 15) is 10.1 Å². The maximum absolute atomic E-state index is 10.5. The third kappa shape index (κ3) is 3.31. The van der Waals surface area contributed by atoms with Crippen molar-refractivity contribution in [2.24, 2.45) is 0 Å². The lowest BCUT2D eigenvalue weighted by molar-refractivity contribution is -0.384. The van der Waals surface area contributed by atoms with Crippen LogP contribution in [0.3, 0.4) is 0 Å². The Morgan fingerprint density at radius 1 is 1.30 bits per heavy atom. The average molecular weight is 277 g/mol. The molecule has 20 heavy (non-hydrogen) atoms. The van der Waals surface area contributed by atoms with Gasteiger partial charge in [-0.2, -0.15) is 4.98 Å². The van der Waals surface area contributed by atoms with Gasteiger partial charge in [0.25, 0.3) is 11.6 Å². The van der Waals surface area contributed by atoms with Crippen LogP contribution in [0.2, 0.25) is 0 Å². The van der Waals surface area contributed by atoms with Crippen LogP contribution in [-0.2, 0) is 12.0 Å². The number of ether oxygens (including phenoxy) is 1. The molecule has 0 atom stereocenters. The molecule has 2 aromatic rings. The Bertz CT molecular complexity index is 599. The van der Waals surface area contributed by atoms with E-state index >= 15 is 0 Å². The predicted molar refractivity (Wildman–Crippen MR) is 70.4 cm³/mol. The Morgan fingerprint density at radius 2 is 1.95 bits per heavy atom. The number of aromatic nitrogens is 2. The SMILES string of the molecule is CC(C)(C)c1noc(COc2ccc([N+](=O)[O-])cc2)n1. The zero-order chi connectivity index (χ0) is 14.8. The summed E-state index contributed by atoms with van der Waals surface area (Å²) in [4.78, 5) is 14.3. The van der Waals surface area contributed by atoms with E-state index in [0.717, 1.165) is 0 Å². The Kier molecular flexibility index (Phi) is 3.69. The van der Waals surface area contributed by atoms with E-state index in [1.807, 2.05) is 20.8 Å². The van der Waals surface area contributed by atoms with Gasteiger partial charge in [0.1, 0.15) is 5.75 Å². The summed E-state index contributed by atoms with van der Waals surface area (Å²) in [5.74, 6) is 1.49. The van der Waals surface area contributed by atoms with Gasteiger partial charge in [-0.15, -0.1) is 0 Å². The molecule has 106 valence electrons. The van der Waals surface area contributed by atoms with Crippen molar-refractivity contribution in [1.82, 2.24) is 10.1 Å². The van der Waals surface area contributed by atoms with Gasteiger partial charge in [-0.3, -0.25) is 10.1 Å². The normalized spacial score (nSPS) is 11.3. The van der Waals surface area contributed by atoms with Gasteiger partial charge in [-0.1, -0.05) is 25.9 Å². The molecule has 0 spiro atoms. The summed E-state index contributed by atoms with van der Waals surface area (Å²) < 4.78 is 10.5. The van der Waals surface area contributed by atoms with Gasteiger partial charge in [0, 0.05) is 17.5 Å². The van der Waals surface area contributed by atoms with Crippen LogP contribution in [-0.4, -0.2) is 15.1 Å². The first-order valence-electron chi connectivity index (χ1n) is 6.06. The van der Waals surface area contributed by atoms with Crippen LogP contribution in [0.25, 0.3) is 0 Å². The third-order valence-corrected chi connectivity index (χ3v) is 2.55. The van der Waals surface area contributed by atoms with E-state index in [1.54, 1.807) is 0 Å². The van der Waals surface area contributed by atoms with E-state index in [0.29, 0.717) is 17.5 Å². The number of nitro groups is 1. The number of nitro benzene ring substituents is 1. The summed E-state index contributed by atoms with van der Waals surface area (Å²) in [6.45, 7) is 6.08. The summed E-state index contributed by atoms with van der Waals surface area (Å²) in [6, 6.07) is 5.81. The van der Waals surface area contributed by atoms with Crippen molar-refractivity contribution in [3.8, 4) is 5.75 Å². The molecule has 7 heteroatoms. The first-order chi connectivity index (χ1) is 9.36. The first-order valence-corrected chi connectivity index (χ1v) is 6.06. The summed E-state index contributed by atoms with van der Waals surface area (Å²) >= 11 is 0. The van der Waals surface area contributed by atoms with Gasteiger partial charge in [0.05, 0.1) is 4.92 Å². The minimum atomic E-state index is -0.461. The summed E-state index contributed by atoms with van der Waals surface area (Å²) in [7, 11) is 0. The van der Waals surface area contributed by atoms with Crippen LogP contribution < -0.4 is 4.74 Å². The summed E-state index contributed by atoms with van der Waals surface area (Å²) in [6.07, 6.45) is 0. The van der Waals surface area contributed by atoms with E-state index < -0.39 is 4.92 Å². The molecule has 0 saturated heterocycles. The number of hydrogen-bond acceptors (Lipinski definition) is 6. The second-order valence-corrected chi connectivity index (χ2v) is 5.30. The molecule has 0 unspecified atom stereocenters. The minimum Gasteiger partial charge on any atom is -0.484 e. The number of rotatable bonds is 4. The zero-order valence-corrected chi connectivity index (χ0v) is 11.5. The van der Waals surface area contributed by atoms with Crippen molar-refractivity contribution in [3.05, 3.63) is 46.1 Å². The molecule has 0 aliphatic heterocycles. The Labute approximate surface area is 115 Å². The average Bonchev–Trinajstić information content (AvgIpc) is 2.85. The summed E-state index contributed by atoms with van der Waals surface area (Å²) in [5, 5.41) is 14.4. The molecule has 0 aliphatic carbocycles. The zero-order valence-electron chi connectivity index (χ0n) is 11.5. The lowest BCUT2D eigenvalue weighted by Gasteiger charge is -2.10. The highest BCUT2D eigenvalue weighted by atomic mass is 16.6. The van der Waals surface area contributed by atoms with Crippen molar-refractivity contribution in [3.63, 3.8) is 0 Å². The van der Waals surface area contributed by atoms with Crippen LogP contribution in [0.5, 0.6) is 5.75 Å². The van der Waals surface area contributed by atoms with Crippen LogP contribution in [0.15, 0.2) is 28.8 Å². The lowest BCUT2D eigenvalue weighted by atomic mass is 9.96. The Hall–Kier alpha value is -2.44. The highest BCUT2D eigenvalue weighted by Gasteiger charge is 2.21. The molecule has 0 fully saturated rings. The van der Waals surface area contributed by atoms with Gasteiger partial charge in [-0.25, -0.2) is 0 Å². The van der Waals surface area contributed by atoms with Gasteiger partial charge >= 0.3 is 0 Å². The fourth-order valence-electron chi connectivity index (χ4n) is 1.43. The second kappa shape index (κ2) is 5.28. The summed E-state index contributed by atoms with van der Waals surface area (Å²) in [5.41, 5.74) is -0.167. The Balaban J connectivity index is 1.98. The fourth-order valence-corrected chi connectivity index (χ4v) is 1.43. The molecule has 1 heterocycles. The van der Waals surface area contributed by atoms with E-state index in [4.69, 9.17) is 9.26 Å². The maximum atomic E-state index is 10.5. The molecule has 7 nitrogen and oxygen atoms in total. The Morgan fingerprint density at radius 3 is 2.45 bits per heavy atom. The van der Waals surface area contributed by atoms with E-state index in [2.05, 4.69) is 10.1 Å². The van der Waals surface area contributed by atoms with Gasteiger partial charge < -0.3 is 9.26 Å². The third-order valence-electron chi connectivity index (χ3n) is 2.55. The maximum Gasteiger partial charge on any atom is 0.269 e. The lowest BCUT2D eigenvalue weighted by Crippen LogP contribution is -2.13. The predicted octanol–water partition coefficient (Wildman–Crippen LogP) is 2.85. The smallest absolute Gasteiger partial charge is 0.269 e. The number of hydrogen-bond donors (Lipinski definition) is 0. The molecule has 0 radical (unpaired) electrons. The van der Waals surface area contributed by atoms with Crippen molar-refractivity contribution in [1.29, 1.82) is 0 Å². The quantitative estimate of drug-likeness (QED) is 0.630. The highest BCUT2D eigenvalue weighted by Crippen LogP contribution is 2.20. The molecule has 1 aromatic heterocycles. The highest BCUT2D eigenvalue weighted by molar-refractivity contribution is 5.35. The largest absolute Gasteiger partial charge is 0.484 e. The molecular weight excluding hydrogens is 262 g/mol. The van der Waals surface area contributed by atoms with Crippen LogP contribution in [0, 0.1) is 10.1 Å². The molecular formula is C13H15N3O4. The molecule has 0 bridgehead atoms. The van der Waals surface area contributed by atoms with Crippen molar-refractivity contribution >= 4 is 5.69 Å². The standard InChI is InChI=1S/C13H15N3O4/c1-13(2,3)12-14-11(20-15-12)8-19-10-6-4-9(5-7-10)16(17)18/h4-7H,8H2,1-3H3. The van der Waals surface area contributed by atoms with Crippen LogP contribution >= 0.6 is 0 Å². The van der Waals surface area contributed by atoms with E-state index in [1.165, 1.54) is 24.3 Å². The van der Waals surface area contributed by atoms with Crippen molar-refractivity contribution in [2.45, 2.75) is 32.8 Å². The fraction of sp³-hybridized carbons (Fsp3) is 0.385. The van der Waals surface area contributed by atoms with E-state index in [-0.39, 0.29) is 17.7 Å². The van der Waals surface area contributed by atoms with Gasteiger partial charge in [0.15, 0.2) is 12.4 Å². The molecule has 0 saturated carbocycles. The number of nitrogens with zero attached hydrogens (tertiary/aromatic N) is 3. The first kappa shape index (κ1) is 14.0.